The molecule has 2 saturated heterocycles. The Morgan fingerprint density at radius 3 is 2.63 bits per heavy atom. The van der Waals surface area contributed by atoms with Crippen molar-refractivity contribution in [3.8, 4) is 22.5 Å². The molecule has 0 saturated carbocycles. The van der Waals surface area contributed by atoms with E-state index in [1.165, 1.54) is 33.1 Å². The van der Waals surface area contributed by atoms with E-state index in [-0.39, 0.29) is 43.8 Å². The maximum Gasteiger partial charge on any atom is 0.341 e. The van der Waals surface area contributed by atoms with E-state index < -0.39 is 45.8 Å². The Morgan fingerprint density at radius 2 is 1.93 bits per heavy atom. The van der Waals surface area contributed by atoms with Crippen LogP contribution in [0, 0.1) is 16.7 Å². The smallest absolute Gasteiger partial charge is 0.341 e. The van der Waals surface area contributed by atoms with Gasteiger partial charge in [0, 0.05) is 104 Å². The normalized spacial score (nSPS) is 22.6. The highest BCUT2D eigenvalue weighted by atomic mass is 32.2. The van der Waals surface area contributed by atoms with Crippen LogP contribution in [0.15, 0.2) is 66.3 Å². The fraction of sp³-hybridized carbons (Fsp3) is 0.469. The Labute approximate surface area is 410 Å². The van der Waals surface area contributed by atoms with Crippen LogP contribution in [0.3, 0.4) is 0 Å². The summed E-state index contributed by atoms with van der Waals surface area (Å²) in [6.07, 6.45) is 5.96. The van der Waals surface area contributed by atoms with Crippen molar-refractivity contribution in [2.24, 2.45) is 16.7 Å². The number of ether oxygens (including phenoxy) is 2. The zero-order valence-electron chi connectivity index (χ0n) is 39.8. The van der Waals surface area contributed by atoms with Crippen molar-refractivity contribution in [1.82, 2.24) is 44.4 Å². The fourth-order valence-corrected chi connectivity index (χ4v) is 11.9. The highest BCUT2D eigenvalue weighted by molar-refractivity contribution is 8.05. The lowest BCUT2D eigenvalue weighted by atomic mass is 9.84. The summed E-state index contributed by atoms with van der Waals surface area (Å²) in [7, 11) is 4.79. The SMILES string of the molecule is C=CC(=O)NCCN(C)C(=O)N(C)[C@H](C(=O)NC1=CC12Cc1nc(cs1)-c1ccc3c(c1)c(c(-c1cccnc1[C@H](C=S)OC)n3CC)CC(C)(C)COC(=O)[C@@]13CCCN(C2=O)N1S3)C(C)C. The van der Waals surface area contributed by atoms with E-state index >= 15 is 4.79 Å². The summed E-state index contributed by atoms with van der Waals surface area (Å²) in [4.78, 5) is 80.7. The lowest BCUT2D eigenvalue weighted by molar-refractivity contribution is -0.161. The second-order valence-electron chi connectivity index (χ2n) is 19.0. The molecule has 5 amide bonds. The van der Waals surface area contributed by atoms with E-state index in [1.807, 2.05) is 25.3 Å². The molecule has 1 aliphatic carbocycles. The number of rotatable bonds is 13. The van der Waals surface area contributed by atoms with Crippen molar-refractivity contribution in [3.63, 3.8) is 0 Å². The number of fused-ring (bicyclic) bond motifs is 4. The number of hydrazine groups is 1. The predicted molar refractivity (Wildman–Crippen MR) is 267 cm³/mol. The summed E-state index contributed by atoms with van der Waals surface area (Å²) in [5.41, 5.74) is 4.95. The number of cyclic esters (lactones) is 1. The van der Waals surface area contributed by atoms with Crippen molar-refractivity contribution in [1.29, 1.82) is 0 Å². The highest BCUT2D eigenvalue weighted by Crippen LogP contribution is 2.61. The van der Waals surface area contributed by atoms with Gasteiger partial charge in [-0.05, 0) is 86.0 Å². The van der Waals surface area contributed by atoms with Crippen LogP contribution in [-0.4, -0.2) is 127 Å². The summed E-state index contributed by atoms with van der Waals surface area (Å²) < 4.78 is 16.1. The Morgan fingerprint density at radius 1 is 1.15 bits per heavy atom. The second kappa shape index (κ2) is 19.1. The standard InChI is InChI=1S/C49H59N9O7S3/c1-10-38(59)50-19-21-54(7)46(63)55(8)41(29(3)4)43(60)53-37-24-48(37)25-39-52-34(27-67-39)30-15-16-35-32(22-30)33(42(56(35)11-2)31-14-12-18-51-40(31)36(26-66)64-9)23-47(5,6)28-65-45(62)49-17-13-20-57(44(48)61)58(49)68-49/h10,12,14-16,18,22,24,26-27,29,36,41H,1,11,13,17,19-21,23,25,28H2,2-9H3,(H,50,59)(H,53,60)/t36-,41-,48?,49-,58?/m0/s1. The van der Waals surface area contributed by atoms with Gasteiger partial charge in [-0.2, -0.15) is 0 Å². The third-order valence-corrected chi connectivity index (χ3v) is 15.7. The molecule has 6 bridgehead atoms. The first-order chi connectivity index (χ1) is 32.4. The number of carbonyl (C=O) groups excluding carboxylic acids is 5. The summed E-state index contributed by atoms with van der Waals surface area (Å²) in [5.74, 6) is -1.77. The average Bonchev–Trinajstić information content (AvgIpc) is 4.14. The van der Waals surface area contributed by atoms with Crippen LogP contribution < -0.4 is 10.6 Å². The van der Waals surface area contributed by atoms with Gasteiger partial charge in [0.25, 0.3) is 5.91 Å². The minimum Gasteiger partial charge on any atom is -0.463 e. The number of benzene rings is 1. The predicted octanol–water partition coefficient (Wildman–Crippen LogP) is 6.71. The average molecular weight is 982 g/mol. The second-order valence-corrected chi connectivity index (χ2v) is 21.4. The number of hydrogen-bond donors (Lipinski definition) is 2. The first-order valence-corrected chi connectivity index (χ1v) is 25.0. The van der Waals surface area contributed by atoms with Gasteiger partial charge < -0.3 is 34.5 Å². The van der Waals surface area contributed by atoms with Crippen LogP contribution in [0.5, 0.6) is 0 Å². The number of aromatic nitrogens is 3. The van der Waals surface area contributed by atoms with Gasteiger partial charge in [-0.25, -0.2) is 14.6 Å². The largest absolute Gasteiger partial charge is 0.463 e. The number of pyridine rings is 1. The lowest BCUT2D eigenvalue weighted by Crippen LogP contribution is -2.55. The molecule has 2 fully saturated rings. The summed E-state index contributed by atoms with van der Waals surface area (Å²) in [6, 6.07) is 9.02. The topological polar surface area (TPSA) is 171 Å². The monoisotopic (exact) mass is 981 g/mol. The number of nitrogens with zero attached hydrogens (tertiary/aromatic N) is 7. The van der Waals surface area contributed by atoms with Crippen LogP contribution in [0.25, 0.3) is 33.4 Å². The van der Waals surface area contributed by atoms with Gasteiger partial charge in [0.1, 0.15) is 17.6 Å². The molecule has 6 heterocycles. The molecular weight excluding hydrogens is 923 g/mol. The molecule has 3 aromatic heterocycles. The van der Waals surface area contributed by atoms with Gasteiger partial charge in [-0.1, -0.05) is 52.6 Å². The lowest BCUT2D eigenvalue weighted by Gasteiger charge is -2.34. The van der Waals surface area contributed by atoms with Crippen LogP contribution in [0.1, 0.15) is 69.8 Å². The van der Waals surface area contributed by atoms with Gasteiger partial charge in [-0.15, -0.1) is 15.8 Å². The molecule has 4 aliphatic rings. The molecule has 1 aromatic carbocycles. The third kappa shape index (κ3) is 8.98. The van der Waals surface area contributed by atoms with Gasteiger partial charge in [0.15, 0.2) is 0 Å². The number of urea groups is 1. The Bertz CT molecular complexity index is 2730. The number of thiocarbonyl (C=S) groups is 1. The van der Waals surface area contributed by atoms with Crippen molar-refractivity contribution < 1.29 is 33.4 Å². The van der Waals surface area contributed by atoms with Gasteiger partial charge in [-0.3, -0.25) is 24.4 Å². The van der Waals surface area contributed by atoms with E-state index in [1.54, 1.807) is 48.3 Å². The number of hydrogen-bond acceptors (Lipinski definition) is 13. The first kappa shape index (κ1) is 49.0. The zero-order valence-corrected chi connectivity index (χ0v) is 42.2. The number of amides is 5. The Kier molecular flexibility index (Phi) is 13.8. The quantitative estimate of drug-likeness (QED) is 0.0478. The minimum atomic E-state index is -1.27. The summed E-state index contributed by atoms with van der Waals surface area (Å²) >= 11 is 8.15. The number of thiazole rings is 1. The minimum absolute atomic E-state index is 0.126. The van der Waals surface area contributed by atoms with Crippen molar-refractivity contribution in [3.05, 3.63) is 82.6 Å². The van der Waals surface area contributed by atoms with E-state index in [0.29, 0.717) is 48.8 Å². The zero-order chi connectivity index (χ0) is 48.9. The number of carbonyl (C=O) groups is 5. The Hall–Kier alpha value is -5.47. The molecular formula is C49H59N9O7S3. The van der Waals surface area contributed by atoms with E-state index in [2.05, 4.69) is 66.8 Å². The molecule has 1 spiro atoms. The van der Waals surface area contributed by atoms with Gasteiger partial charge in [0.2, 0.25) is 16.7 Å². The molecule has 2 N–H and O–H groups in total. The maximum absolute atomic E-state index is 15.1. The molecule has 2 unspecified atom stereocenters. The third-order valence-electron chi connectivity index (χ3n) is 13.2. The van der Waals surface area contributed by atoms with Crippen LogP contribution in [0.2, 0.25) is 0 Å². The van der Waals surface area contributed by atoms with E-state index in [9.17, 15) is 19.2 Å². The molecule has 360 valence electrons. The molecule has 0 radical (unpaired) electrons. The van der Waals surface area contributed by atoms with Crippen LogP contribution in [0.4, 0.5) is 4.79 Å². The number of likely N-dealkylation sites (N-methyl/N-ethyl adjacent to an activating group) is 2. The van der Waals surface area contributed by atoms with Gasteiger partial charge in [0.05, 0.1) is 28.7 Å². The number of methoxy groups -OCH3 is 1. The number of aryl methyl sites for hydroxylation is 1. The highest BCUT2D eigenvalue weighted by Gasteiger charge is 2.69. The van der Waals surface area contributed by atoms with Gasteiger partial charge >= 0.3 is 12.0 Å². The molecule has 3 aliphatic heterocycles. The van der Waals surface area contributed by atoms with Crippen LogP contribution >= 0.6 is 35.5 Å². The summed E-state index contributed by atoms with van der Waals surface area (Å²) in [6.45, 7) is 15.1. The molecule has 16 nitrogen and oxygen atoms in total. The molecule has 5 atom stereocenters. The van der Waals surface area contributed by atoms with Crippen molar-refractivity contribution >= 4 is 81.5 Å². The molecule has 8 rings (SSSR count). The molecule has 19 heteroatoms. The van der Waals surface area contributed by atoms with E-state index in [4.69, 9.17) is 31.7 Å². The molecule has 4 aromatic rings. The number of esters is 1. The summed E-state index contributed by atoms with van der Waals surface area (Å²) in [5, 5.41) is 12.6. The Balaban J connectivity index is 1.16. The van der Waals surface area contributed by atoms with Crippen molar-refractivity contribution in [2.75, 3.05) is 47.4 Å². The molecule has 68 heavy (non-hydrogen) atoms. The first-order valence-electron chi connectivity index (χ1n) is 22.9. The van der Waals surface area contributed by atoms with Crippen LogP contribution in [-0.2, 0) is 48.0 Å². The van der Waals surface area contributed by atoms with Crippen molar-refractivity contribution in [2.45, 2.75) is 83.9 Å². The van der Waals surface area contributed by atoms with E-state index in [0.717, 1.165) is 45.1 Å². The fourth-order valence-electron chi connectivity index (χ4n) is 9.63. The maximum atomic E-state index is 15.1. The number of nitrogens with one attached hydrogen (secondary N) is 2.